The number of hydrogen-bond donors (Lipinski definition) is 1. The van der Waals surface area contributed by atoms with Gasteiger partial charge < -0.3 is 9.84 Å². The van der Waals surface area contributed by atoms with Crippen LogP contribution in [0.4, 0.5) is 0 Å². The molecule has 0 aliphatic carbocycles. The second kappa shape index (κ2) is 7.95. The molecule has 26 heavy (non-hydrogen) atoms. The summed E-state index contributed by atoms with van der Waals surface area (Å²) in [6.07, 6.45) is 1.44. The number of carbonyl (C=O) groups is 1. The van der Waals surface area contributed by atoms with Crippen molar-refractivity contribution >= 4 is 5.91 Å². The zero-order valence-electron chi connectivity index (χ0n) is 15.3. The largest absolute Gasteiger partial charge is 0.342 e. The minimum atomic E-state index is -0.210. The Kier molecular flexibility index (Phi) is 5.46. The van der Waals surface area contributed by atoms with Crippen molar-refractivity contribution in [3.63, 3.8) is 0 Å². The average molecular weight is 353 g/mol. The standard InChI is InChI=1S/C19H23N5O2/c1-13(2)9-15-11-16(24(3)22-15)19(25)20-12-18-21-17(23-26-18)10-14-7-5-4-6-8-14/h4-8,11,13H,9-10,12H2,1-3H3,(H,20,25). The number of nitrogens with zero attached hydrogens (tertiary/aromatic N) is 4. The van der Waals surface area contributed by atoms with Crippen molar-refractivity contribution in [1.82, 2.24) is 25.2 Å². The van der Waals surface area contributed by atoms with E-state index in [1.165, 1.54) is 0 Å². The Morgan fingerprint density at radius 1 is 1.27 bits per heavy atom. The van der Waals surface area contributed by atoms with Gasteiger partial charge in [-0.3, -0.25) is 9.48 Å². The molecule has 1 aromatic carbocycles. The van der Waals surface area contributed by atoms with Crippen LogP contribution >= 0.6 is 0 Å². The van der Waals surface area contributed by atoms with Crippen LogP contribution in [0.5, 0.6) is 0 Å². The Hall–Kier alpha value is -2.96. The van der Waals surface area contributed by atoms with Gasteiger partial charge in [-0.15, -0.1) is 0 Å². The van der Waals surface area contributed by atoms with Crippen LogP contribution in [0.15, 0.2) is 40.9 Å². The average Bonchev–Trinajstić information content (AvgIpc) is 3.19. The molecule has 7 heteroatoms. The molecule has 2 heterocycles. The molecule has 1 N–H and O–H groups in total. The van der Waals surface area contributed by atoms with Crippen molar-refractivity contribution in [2.75, 3.05) is 0 Å². The number of carbonyl (C=O) groups excluding carboxylic acids is 1. The van der Waals surface area contributed by atoms with E-state index in [9.17, 15) is 4.79 Å². The van der Waals surface area contributed by atoms with Crippen LogP contribution < -0.4 is 5.32 Å². The van der Waals surface area contributed by atoms with E-state index in [0.717, 1.165) is 17.7 Å². The molecule has 1 amide bonds. The molecule has 0 unspecified atom stereocenters. The van der Waals surface area contributed by atoms with Crippen LogP contribution in [0.3, 0.4) is 0 Å². The third kappa shape index (κ3) is 4.56. The molecule has 0 saturated carbocycles. The molecule has 0 aliphatic rings. The zero-order chi connectivity index (χ0) is 18.5. The maximum Gasteiger partial charge on any atom is 0.269 e. The highest BCUT2D eigenvalue weighted by atomic mass is 16.5. The van der Waals surface area contributed by atoms with E-state index < -0.39 is 0 Å². The van der Waals surface area contributed by atoms with Gasteiger partial charge in [0.2, 0.25) is 5.89 Å². The molecule has 0 bridgehead atoms. The molecule has 2 aromatic heterocycles. The van der Waals surface area contributed by atoms with Crippen molar-refractivity contribution in [3.8, 4) is 0 Å². The normalized spacial score (nSPS) is 11.1. The first-order valence-electron chi connectivity index (χ1n) is 8.67. The lowest BCUT2D eigenvalue weighted by Crippen LogP contribution is -2.25. The summed E-state index contributed by atoms with van der Waals surface area (Å²) in [5.74, 6) is 1.26. The molecule has 3 rings (SSSR count). The number of amides is 1. The number of rotatable bonds is 7. The second-order valence-electron chi connectivity index (χ2n) is 6.69. The monoisotopic (exact) mass is 353 g/mol. The van der Waals surface area contributed by atoms with E-state index in [4.69, 9.17) is 4.52 Å². The Labute approximate surface area is 152 Å². The molecule has 0 aliphatic heterocycles. The van der Waals surface area contributed by atoms with E-state index in [-0.39, 0.29) is 12.5 Å². The lowest BCUT2D eigenvalue weighted by Gasteiger charge is -2.01. The fourth-order valence-corrected chi connectivity index (χ4v) is 2.72. The Bertz CT molecular complexity index is 867. The first-order valence-corrected chi connectivity index (χ1v) is 8.67. The van der Waals surface area contributed by atoms with Gasteiger partial charge in [-0.2, -0.15) is 10.1 Å². The van der Waals surface area contributed by atoms with Gasteiger partial charge in [-0.05, 0) is 24.0 Å². The molecule has 0 atom stereocenters. The molecule has 0 spiro atoms. The summed E-state index contributed by atoms with van der Waals surface area (Å²) in [7, 11) is 1.77. The first-order chi connectivity index (χ1) is 12.5. The fraction of sp³-hybridized carbons (Fsp3) is 0.368. The molecule has 0 fully saturated rings. The van der Waals surface area contributed by atoms with E-state index in [0.29, 0.717) is 29.7 Å². The lowest BCUT2D eigenvalue weighted by atomic mass is 10.1. The molecule has 0 radical (unpaired) electrons. The van der Waals surface area contributed by atoms with Crippen LogP contribution in [-0.4, -0.2) is 25.8 Å². The lowest BCUT2D eigenvalue weighted by molar-refractivity contribution is 0.0937. The number of nitrogens with one attached hydrogen (secondary N) is 1. The highest BCUT2D eigenvalue weighted by Gasteiger charge is 2.15. The summed E-state index contributed by atoms with van der Waals surface area (Å²) < 4.78 is 6.81. The van der Waals surface area contributed by atoms with Gasteiger partial charge in [0.05, 0.1) is 12.2 Å². The minimum Gasteiger partial charge on any atom is -0.342 e. The summed E-state index contributed by atoms with van der Waals surface area (Å²) in [6, 6.07) is 11.7. The summed E-state index contributed by atoms with van der Waals surface area (Å²) >= 11 is 0. The quantitative estimate of drug-likeness (QED) is 0.705. The van der Waals surface area contributed by atoms with Crippen molar-refractivity contribution in [3.05, 3.63) is 65.1 Å². The van der Waals surface area contributed by atoms with Gasteiger partial charge in [-0.25, -0.2) is 0 Å². The third-order valence-corrected chi connectivity index (χ3v) is 3.90. The Morgan fingerprint density at radius 2 is 2.04 bits per heavy atom. The third-order valence-electron chi connectivity index (χ3n) is 3.90. The van der Waals surface area contributed by atoms with Gasteiger partial charge in [-0.1, -0.05) is 49.3 Å². The number of hydrogen-bond acceptors (Lipinski definition) is 5. The van der Waals surface area contributed by atoms with Crippen molar-refractivity contribution in [2.45, 2.75) is 33.2 Å². The first kappa shape index (κ1) is 17.8. The Balaban J connectivity index is 1.57. The SMILES string of the molecule is CC(C)Cc1cc(C(=O)NCc2nc(Cc3ccccc3)no2)n(C)n1. The van der Waals surface area contributed by atoms with Gasteiger partial charge in [0.25, 0.3) is 5.91 Å². The highest BCUT2D eigenvalue weighted by Crippen LogP contribution is 2.10. The van der Waals surface area contributed by atoms with E-state index in [1.807, 2.05) is 36.4 Å². The molecule has 0 saturated heterocycles. The predicted molar refractivity (Wildman–Crippen MR) is 96.5 cm³/mol. The van der Waals surface area contributed by atoms with E-state index in [1.54, 1.807) is 11.7 Å². The summed E-state index contributed by atoms with van der Waals surface area (Å²) in [6.45, 7) is 4.43. The molecular weight excluding hydrogens is 330 g/mol. The minimum absolute atomic E-state index is 0.186. The van der Waals surface area contributed by atoms with Gasteiger partial charge in [0, 0.05) is 13.5 Å². The maximum atomic E-state index is 12.4. The van der Waals surface area contributed by atoms with Gasteiger partial charge in [0.1, 0.15) is 5.69 Å². The van der Waals surface area contributed by atoms with Crippen molar-refractivity contribution in [2.24, 2.45) is 13.0 Å². The van der Waals surface area contributed by atoms with Crippen LogP contribution in [0, 0.1) is 5.92 Å². The van der Waals surface area contributed by atoms with Crippen LogP contribution in [0.25, 0.3) is 0 Å². The highest BCUT2D eigenvalue weighted by molar-refractivity contribution is 5.92. The number of aryl methyl sites for hydroxylation is 1. The summed E-state index contributed by atoms with van der Waals surface area (Å²) in [4.78, 5) is 16.7. The second-order valence-corrected chi connectivity index (χ2v) is 6.69. The smallest absolute Gasteiger partial charge is 0.269 e. The van der Waals surface area contributed by atoms with Crippen molar-refractivity contribution in [1.29, 1.82) is 0 Å². The summed E-state index contributed by atoms with van der Waals surface area (Å²) in [5, 5.41) is 11.1. The number of benzene rings is 1. The molecular formula is C19H23N5O2. The van der Waals surface area contributed by atoms with Crippen molar-refractivity contribution < 1.29 is 9.32 Å². The van der Waals surface area contributed by atoms with Gasteiger partial charge in [0.15, 0.2) is 5.82 Å². The van der Waals surface area contributed by atoms with Crippen LogP contribution in [0.2, 0.25) is 0 Å². The zero-order valence-corrected chi connectivity index (χ0v) is 15.3. The molecule has 7 nitrogen and oxygen atoms in total. The maximum absolute atomic E-state index is 12.4. The van der Waals surface area contributed by atoms with Crippen LogP contribution in [-0.2, 0) is 26.4 Å². The van der Waals surface area contributed by atoms with E-state index in [2.05, 4.69) is 34.4 Å². The topological polar surface area (TPSA) is 85.8 Å². The molecule has 136 valence electrons. The molecule has 3 aromatic rings. The van der Waals surface area contributed by atoms with Crippen LogP contribution in [0.1, 0.15) is 47.3 Å². The summed E-state index contributed by atoms with van der Waals surface area (Å²) in [5.41, 5.74) is 2.54. The predicted octanol–water partition coefficient (Wildman–Crippen LogP) is 2.52. The van der Waals surface area contributed by atoms with E-state index >= 15 is 0 Å². The fourth-order valence-electron chi connectivity index (χ4n) is 2.72. The number of aromatic nitrogens is 4. The van der Waals surface area contributed by atoms with Gasteiger partial charge >= 0.3 is 0 Å². The Morgan fingerprint density at radius 3 is 2.77 bits per heavy atom.